The molecule has 12 N–H and O–H groups in total. The van der Waals surface area contributed by atoms with Crippen molar-refractivity contribution in [3.63, 3.8) is 0 Å². The molecule has 8 rings (SSSR count). The summed E-state index contributed by atoms with van der Waals surface area (Å²) < 4.78 is 36.2. The summed E-state index contributed by atoms with van der Waals surface area (Å²) in [6.45, 7) is 13.6. The van der Waals surface area contributed by atoms with Gasteiger partial charge in [0, 0.05) is 17.4 Å². The summed E-state index contributed by atoms with van der Waals surface area (Å²) in [5.74, 6) is -1.41. The molecular formula is C48H78O19. The third-order valence-corrected chi connectivity index (χ3v) is 19.8. The van der Waals surface area contributed by atoms with Crippen LogP contribution in [0.1, 0.15) is 106 Å². The molecule has 19 nitrogen and oxygen atoms in total. The molecule has 3 aliphatic heterocycles. The van der Waals surface area contributed by atoms with E-state index in [1.165, 1.54) is 12.5 Å². The maximum absolute atomic E-state index is 12.5. The third-order valence-electron chi connectivity index (χ3n) is 19.8. The van der Waals surface area contributed by atoms with Gasteiger partial charge in [-0.2, -0.15) is 0 Å². The van der Waals surface area contributed by atoms with Gasteiger partial charge in [-0.05, 0) is 104 Å². The minimum atomic E-state index is -2.08. The molecule has 4 saturated carbocycles. The first-order valence-electron chi connectivity index (χ1n) is 24.4. The van der Waals surface area contributed by atoms with Crippen LogP contribution in [-0.2, 0) is 33.2 Å². The van der Waals surface area contributed by atoms with Crippen LogP contribution in [0.15, 0.2) is 11.6 Å². The van der Waals surface area contributed by atoms with Crippen molar-refractivity contribution in [3.8, 4) is 0 Å². The van der Waals surface area contributed by atoms with E-state index in [0.29, 0.717) is 19.3 Å². The first-order chi connectivity index (χ1) is 31.3. The highest BCUT2D eigenvalue weighted by molar-refractivity contribution is 5.73. The number of carbonyl (C=O) groups is 1. The average Bonchev–Trinajstić information content (AvgIpc) is 3.28. The van der Waals surface area contributed by atoms with Crippen molar-refractivity contribution in [2.75, 3.05) is 19.8 Å². The molecule has 26 atom stereocenters. The molecule has 0 aromatic rings. The van der Waals surface area contributed by atoms with Crippen molar-refractivity contribution in [2.45, 2.75) is 211 Å². The van der Waals surface area contributed by atoms with Gasteiger partial charge in [-0.25, -0.2) is 4.79 Å². The van der Waals surface area contributed by atoms with Gasteiger partial charge in [0.2, 0.25) is 0 Å². The van der Waals surface area contributed by atoms with Crippen LogP contribution >= 0.6 is 0 Å². The molecule has 0 aromatic carbocycles. The van der Waals surface area contributed by atoms with Gasteiger partial charge >= 0.3 is 5.97 Å². The van der Waals surface area contributed by atoms with E-state index in [4.69, 9.17) is 28.4 Å². The summed E-state index contributed by atoms with van der Waals surface area (Å²) in [5, 5.41) is 130. The van der Waals surface area contributed by atoms with Crippen LogP contribution in [-0.4, -0.2) is 191 Å². The van der Waals surface area contributed by atoms with Crippen LogP contribution in [0.5, 0.6) is 0 Å². The number of fused-ring (bicyclic) bond motifs is 7. The van der Waals surface area contributed by atoms with Gasteiger partial charge in [-0.1, -0.05) is 53.2 Å². The Morgan fingerprint density at radius 1 is 0.657 bits per heavy atom. The van der Waals surface area contributed by atoms with E-state index in [0.717, 1.165) is 38.5 Å². The Hall–Kier alpha value is -1.47. The predicted octanol–water partition coefficient (Wildman–Crippen LogP) is -0.323. The normalized spacial score (nSPS) is 56.7. The quantitative estimate of drug-likeness (QED) is 0.0986. The van der Waals surface area contributed by atoms with Crippen molar-refractivity contribution in [3.05, 3.63) is 11.6 Å². The second kappa shape index (κ2) is 18.2. The highest BCUT2D eigenvalue weighted by atomic mass is 16.8. The highest BCUT2D eigenvalue weighted by Gasteiger charge is 2.70. The fourth-order valence-electron chi connectivity index (χ4n) is 15.1. The first kappa shape index (κ1) is 51.9. The van der Waals surface area contributed by atoms with Crippen molar-refractivity contribution in [1.82, 2.24) is 0 Å². The number of hydrogen-bond donors (Lipinski definition) is 12. The maximum atomic E-state index is 12.5. The number of aliphatic hydroxyl groups is 11. The molecule has 0 spiro atoms. The fraction of sp³-hybridized carbons (Fsp3) is 0.938. The summed E-state index contributed by atoms with van der Waals surface area (Å²) in [4.78, 5) is 12.5. The minimum absolute atomic E-state index is 0.0116. The van der Waals surface area contributed by atoms with E-state index >= 15 is 0 Å². The lowest BCUT2D eigenvalue weighted by molar-refractivity contribution is -0.396. The Bertz CT molecular complexity index is 1840. The highest BCUT2D eigenvalue weighted by Crippen LogP contribution is 2.76. The molecule has 3 heterocycles. The summed E-state index contributed by atoms with van der Waals surface area (Å²) in [5.41, 5.74) is -0.887. The third kappa shape index (κ3) is 8.01. The molecule has 7 fully saturated rings. The Morgan fingerprint density at radius 3 is 1.93 bits per heavy atom. The standard InChI is InChI=1S/C48H78O19/c1-21-29(53)31(55)35(59)40(62-21)66-37-32(56)30(54)24(18-49)63-41(37)67-38-34(58)33(57)36(39(60)61)65-42(38)64-28-11-12-45(4)25(46(28,5)20-51)10-13-48(7)26(45)9-8-22-23-16-43(2,19-50)17-27(52)44(23,3)14-15-47(22,48)6/h8,21,23-38,40-42,49-59H,9-20H2,1-7H3,(H,60,61)/t21-,23-,24+,25+,26+,27+,28-,29-,30-,31+,32-,33-,34-,35+,36-,37+,38+,40-,41-,42+,43-,44+,45-,46+,47+,48+/m0/s1. The summed E-state index contributed by atoms with van der Waals surface area (Å²) in [7, 11) is 0. The van der Waals surface area contributed by atoms with Gasteiger partial charge in [-0.15, -0.1) is 0 Å². The largest absolute Gasteiger partial charge is 0.479 e. The molecule has 0 bridgehead atoms. The number of allylic oxidation sites excluding steroid dienone is 2. The topological polar surface area (TPSA) is 315 Å². The van der Waals surface area contributed by atoms with Crippen molar-refractivity contribution in [1.29, 1.82) is 0 Å². The molecule has 8 aliphatic rings. The molecule has 67 heavy (non-hydrogen) atoms. The van der Waals surface area contributed by atoms with Crippen LogP contribution in [0, 0.1) is 50.2 Å². The van der Waals surface area contributed by atoms with Crippen LogP contribution in [0.4, 0.5) is 0 Å². The average molecular weight is 959 g/mol. The number of aliphatic hydroxyl groups excluding tert-OH is 11. The van der Waals surface area contributed by atoms with Gasteiger partial charge in [0.05, 0.1) is 31.5 Å². The maximum Gasteiger partial charge on any atom is 0.335 e. The van der Waals surface area contributed by atoms with E-state index in [9.17, 15) is 66.1 Å². The molecule has 384 valence electrons. The van der Waals surface area contributed by atoms with Crippen LogP contribution < -0.4 is 0 Å². The lowest BCUT2D eigenvalue weighted by atomic mass is 9.33. The second-order valence-corrected chi connectivity index (χ2v) is 23.4. The van der Waals surface area contributed by atoms with Gasteiger partial charge < -0.3 is 89.7 Å². The van der Waals surface area contributed by atoms with Gasteiger partial charge in [0.1, 0.15) is 61.0 Å². The zero-order valence-electron chi connectivity index (χ0n) is 39.8. The SMILES string of the molecule is C[C@@H]1O[C@@H](O[C@H]2[C@H](O[C@H]3[C@H](O[C@H]4CC[C@@]5(C)[C@@H](CC[C@]6(C)[C@@H]5CC=C5[C@@H]7C[C@](C)(CO)C[C@@H](O)[C@]7(C)CC[C@]56C)[C@@]4(C)CO)O[C@H](C(=O)O)[C@@H](O)[C@@H]3O)O[C@H](CO)[C@H](O)[C@@H]2O)[C@H](O)[C@H](O)[C@H]1O. The lowest BCUT2D eigenvalue weighted by Gasteiger charge is -2.72. The zero-order valence-corrected chi connectivity index (χ0v) is 39.8. The molecule has 0 radical (unpaired) electrons. The number of rotatable bonds is 10. The smallest absolute Gasteiger partial charge is 0.335 e. The molecule has 0 aromatic heterocycles. The van der Waals surface area contributed by atoms with Crippen molar-refractivity contribution in [2.24, 2.45) is 50.2 Å². The summed E-state index contributed by atoms with van der Waals surface area (Å²) in [6.07, 6.45) is -18.8. The Kier molecular flexibility index (Phi) is 14.1. The molecule has 3 saturated heterocycles. The number of hydrogen-bond acceptors (Lipinski definition) is 18. The van der Waals surface area contributed by atoms with Crippen LogP contribution in [0.25, 0.3) is 0 Å². The Balaban J connectivity index is 1.08. The second-order valence-electron chi connectivity index (χ2n) is 23.4. The van der Waals surface area contributed by atoms with Gasteiger partial charge in [-0.3, -0.25) is 0 Å². The van der Waals surface area contributed by atoms with Crippen LogP contribution in [0.2, 0.25) is 0 Å². The summed E-state index contributed by atoms with van der Waals surface area (Å²) >= 11 is 0. The number of carboxylic acid groups (broad SMARTS) is 1. The monoisotopic (exact) mass is 959 g/mol. The fourth-order valence-corrected chi connectivity index (χ4v) is 15.1. The molecule has 19 heteroatoms. The lowest BCUT2D eigenvalue weighted by Crippen LogP contribution is -2.68. The van der Waals surface area contributed by atoms with E-state index in [-0.39, 0.29) is 58.0 Å². The Labute approximate surface area is 392 Å². The zero-order chi connectivity index (χ0) is 49.1. The van der Waals surface area contributed by atoms with E-state index in [1.54, 1.807) is 0 Å². The first-order valence-corrected chi connectivity index (χ1v) is 24.4. The Morgan fingerprint density at radius 2 is 1.30 bits per heavy atom. The molecular weight excluding hydrogens is 881 g/mol. The number of ether oxygens (including phenoxy) is 6. The van der Waals surface area contributed by atoms with Crippen molar-refractivity contribution >= 4 is 5.97 Å². The van der Waals surface area contributed by atoms with E-state index < -0.39 is 122 Å². The van der Waals surface area contributed by atoms with Crippen LogP contribution in [0.3, 0.4) is 0 Å². The molecule has 0 amide bonds. The van der Waals surface area contributed by atoms with E-state index in [2.05, 4.69) is 40.7 Å². The molecule has 5 aliphatic carbocycles. The minimum Gasteiger partial charge on any atom is -0.479 e. The predicted molar refractivity (Wildman–Crippen MR) is 232 cm³/mol. The van der Waals surface area contributed by atoms with Gasteiger partial charge in [0.15, 0.2) is 25.0 Å². The number of carboxylic acids is 1. The van der Waals surface area contributed by atoms with E-state index in [1.807, 2.05) is 6.92 Å². The van der Waals surface area contributed by atoms with Crippen molar-refractivity contribution < 1.29 is 94.5 Å². The summed E-state index contributed by atoms with van der Waals surface area (Å²) in [6, 6.07) is 0. The van der Waals surface area contributed by atoms with Gasteiger partial charge in [0.25, 0.3) is 0 Å². The molecule has 0 unspecified atom stereocenters. The number of aliphatic carboxylic acids is 1.